The summed E-state index contributed by atoms with van der Waals surface area (Å²) in [6, 6.07) is 26.2. The molecule has 2 aromatic heterocycles. The maximum Gasteiger partial charge on any atom is 0.338 e. The van der Waals surface area contributed by atoms with Crippen LogP contribution in [0.25, 0.3) is 11.2 Å². The van der Waals surface area contributed by atoms with Gasteiger partial charge in [0.2, 0.25) is 5.28 Å². The lowest BCUT2D eigenvalue weighted by molar-refractivity contribution is -0.0570. The van der Waals surface area contributed by atoms with Gasteiger partial charge in [0.05, 0.1) is 17.5 Å². The Morgan fingerprint density at radius 1 is 0.907 bits per heavy atom. The predicted octanol–water partition coefficient (Wildman–Crippen LogP) is 5.41. The highest BCUT2D eigenvalue weighted by Gasteiger charge is 2.50. The SMILES string of the molecule is O=C(OC[C@H]1O[C@@H](n2cnc3c(NCc4ccccc4)nc(Cl)nc32)[C@@H](F)[C@@H]1OC(=O)c1ccccc1)c1ccccc1. The normalized spacial score (nSPS) is 19.7. The van der Waals surface area contributed by atoms with Gasteiger partial charge in [-0.2, -0.15) is 9.97 Å². The molecular formula is C31H25ClFN5O5. The van der Waals surface area contributed by atoms with Crippen LogP contribution in [0.5, 0.6) is 0 Å². The molecule has 3 aromatic carbocycles. The fourth-order valence-corrected chi connectivity index (χ4v) is 4.92. The van der Waals surface area contributed by atoms with Crippen LogP contribution >= 0.6 is 11.6 Å². The average molecular weight is 602 g/mol. The molecule has 1 aliphatic rings. The number of carbonyl (C=O) groups excluding carboxylic acids is 2. The molecule has 3 heterocycles. The second-order valence-electron chi connectivity index (χ2n) is 9.71. The van der Waals surface area contributed by atoms with Gasteiger partial charge in [-0.15, -0.1) is 0 Å². The van der Waals surface area contributed by atoms with Crippen molar-refractivity contribution in [2.45, 2.75) is 31.2 Å². The van der Waals surface area contributed by atoms with Gasteiger partial charge in [0.1, 0.15) is 12.7 Å². The lowest BCUT2D eigenvalue weighted by atomic mass is 10.1. The zero-order valence-electron chi connectivity index (χ0n) is 22.5. The Bertz CT molecular complexity index is 1720. The third-order valence-electron chi connectivity index (χ3n) is 6.88. The molecular weight excluding hydrogens is 577 g/mol. The number of nitrogens with one attached hydrogen (secondary N) is 1. The van der Waals surface area contributed by atoms with Crippen LogP contribution in [-0.4, -0.2) is 56.4 Å². The molecule has 5 aromatic rings. The summed E-state index contributed by atoms with van der Waals surface area (Å²) < 4.78 is 34.6. The Hall–Kier alpha value is -4.87. The minimum Gasteiger partial charge on any atom is -0.459 e. The van der Waals surface area contributed by atoms with Crippen LogP contribution in [0.15, 0.2) is 97.3 Å². The lowest BCUT2D eigenvalue weighted by Crippen LogP contribution is -2.37. The number of halogens is 2. The van der Waals surface area contributed by atoms with Crippen LogP contribution in [0.4, 0.5) is 10.2 Å². The number of benzene rings is 3. The standard InChI is InChI=1S/C31H25ClFN5O5/c32-31-36-26(34-16-19-10-4-1-5-11-19)24-27(37-31)38(18-35-24)28-23(33)25(43-30(40)21-14-8-3-9-15-21)22(42-28)17-41-29(39)20-12-6-2-7-13-20/h1-15,18,22-23,25,28H,16-17H2,(H,34,36,37)/t22-,23+,25-,28-/m1/s1. The van der Waals surface area contributed by atoms with Gasteiger partial charge in [0.15, 0.2) is 35.5 Å². The van der Waals surface area contributed by atoms with Crippen molar-refractivity contribution in [3.8, 4) is 0 Å². The third-order valence-corrected chi connectivity index (χ3v) is 7.05. The van der Waals surface area contributed by atoms with Crippen molar-refractivity contribution in [2.24, 2.45) is 0 Å². The van der Waals surface area contributed by atoms with Crippen molar-refractivity contribution in [1.29, 1.82) is 0 Å². The third kappa shape index (κ3) is 6.18. The van der Waals surface area contributed by atoms with E-state index in [1.807, 2.05) is 30.3 Å². The van der Waals surface area contributed by atoms with Crippen molar-refractivity contribution < 1.29 is 28.2 Å². The Balaban J connectivity index is 1.27. The van der Waals surface area contributed by atoms with Crippen molar-refractivity contribution in [3.05, 3.63) is 119 Å². The summed E-state index contributed by atoms with van der Waals surface area (Å²) in [5, 5.41) is 3.11. The number of fused-ring (bicyclic) bond motifs is 1. The number of aromatic nitrogens is 4. The topological polar surface area (TPSA) is 117 Å². The quantitative estimate of drug-likeness (QED) is 0.175. The number of hydrogen-bond acceptors (Lipinski definition) is 9. The largest absolute Gasteiger partial charge is 0.459 e. The fourth-order valence-electron chi connectivity index (χ4n) is 4.76. The predicted molar refractivity (Wildman–Crippen MR) is 155 cm³/mol. The molecule has 6 rings (SSSR count). The van der Waals surface area contributed by atoms with Crippen LogP contribution in [0.3, 0.4) is 0 Å². The molecule has 10 nitrogen and oxygen atoms in total. The van der Waals surface area contributed by atoms with E-state index in [1.54, 1.807) is 60.7 Å². The first-order chi connectivity index (χ1) is 21.0. The molecule has 4 atom stereocenters. The molecule has 1 aliphatic heterocycles. The second kappa shape index (κ2) is 12.6. The number of hydrogen-bond donors (Lipinski definition) is 1. The monoisotopic (exact) mass is 601 g/mol. The molecule has 0 aliphatic carbocycles. The van der Waals surface area contributed by atoms with Crippen molar-refractivity contribution in [1.82, 2.24) is 19.5 Å². The first-order valence-corrected chi connectivity index (χ1v) is 13.8. The summed E-state index contributed by atoms with van der Waals surface area (Å²) in [4.78, 5) is 38.5. The number of imidazole rings is 1. The van der Waals surface area contributed by atoms with Gasteiger partial charge in [0, 0.05) is 6.54 Å². The number of rotatable bonds is 9. The molecule has 218 valence electrons. The summed E-state index contributed by atoms with van der Waals surface area (Å²) in [6.07, 6.45) is -4.39. The first kappa shape index (κ1) is 28.3. The summed E-state index contributed by atoms with van der Waals surface area (Å²) >= 11 is 6.25. The second-order valence-corrected chi connectivity index (χ2v) is 10.1. The Morgan fingerprint density at radius 2 is 1.53 bits per heavy atom. The molecule has 1 N–H and O–H groups in total. The number of alkyl halides is 1. The number of nitrogens with zero attached hydrogens (tertiary/aromatic N) is 4. The van der Waals surface area contributed by atoms with Gasteiger partial charge >= 0.3 is 11.9 Å². The first-order valence-electron chi connectivity index (χ1n) is 13.4. The van der Waals surface area contributed by atoms with E-state index in [2.05, 4.69) is 20.3 Å². The van der Waals surface area contributed by atoms with Crippen molar-refractivity contribution in [2.75, 3.05) is 11.9 Å². The van der Waals surface area contributed by atoms with Crippen LogP contribution < -0.4 is 5.32 Å². The molecule has 0 bridgehead atoms. The van der Waals surface area contributed by atoms with E-state index in [-0.39, 0.29) is 23.1 Å². The van der Waals surface area contributed by atoms with Gasteiger partial charge in [-0.1, -0.05) is 66.7 Å². The van der Waals surface area contributed by atoms with Crippen molar-refractivity contribution in [3.63, 3.8) is 0 Å². The minimum absolute atomic E-state index is 0.0846. The summed E-state index contributed by atoms with van der Waals surface area (Å²) in [7, 11) is 0. The van der Waals surface area contributed by atoms with E-state index in [0.29, 0.717) is 23.4 Å². The van der Waals surface area contributed by atoms with Gasteiger partial charge < -0.3 is 19.5 Å². The fraction of sp³-hybridized carbons (Fsp3) is 0.194. The van der Waals surface area contributed by atoms with Crippen LogP contribution in [-0.2, 0) is 20.8 Å². The van der Waals surface area contributed by atoms with Gasteiger partial charge in [-0.05, 0) is 41.4 Å². The van der Waals surface area contributed by atoms with E-state index in [1.165, 1.54) is 10.9 Å². The molecule has 12 heteroatoms. The van der Waals surface area contributed by atoms with E-state index >= 15 is 4.39 Å². The van der Waals surface area contributed by atoms with Crippen LogP contribution in [0.2, 0.25) is 5.28 Å². The summed E-state index contributed by atoms with van der Waals surface area (Å²) in [5.74, 6) is -1.02. The molecule has 1 fully saturated rings. The zero-order chi connectivity index (χ0) is 29.8. The zero-order valence-corrected chi connectivity index (χ0v) is 23.3. The molecule has 43 heavy (non-hydrogen) atoms. The highest BCUT2D eigenvalue weighted by Crippen LogP contribution is 2.37. The molecule has 0 radical (unpaired) electrons. The van der Waals surface area contributed by atoms with E-state index in [0.717, 1.165) is 5.56 Å². The molecule has 0 saturated carbocycles. The lowest BCUT2D eigenvalue weighted by Gasteiger charge is -2.19. The summed E-state index contributed by atoms with van der Waals surface area (Å²) in [6.45, 7) is 0.0673. The molecule has 0 spiro atoms. The highest BCUT2D eigenvalue weighted by molar-refractivity contribution is 6.28. The van der Waals surface area contributed by atoms with Gasteiger partial charge in [-0.3, -0.25) is 4.57 Å². The van der Waals surface area contributed by atoms with Crippen molar-refractivity contribution >= 4 is 40.5 Å². The number of anilines is 1. The maximum atomic E-state index is 16.2. The smallest absolute Gasteiger partial charge is 0.338 e. The van der Waals surface area contributed by atoms with E-state index < -0.39 is 36.5 Å². The van der Waals surface area contributed by atoms with Gasteiger partial charge in [0.25, 0.3) is 0 Å². The molecule has 1 saturated heterocycles. The van der Waals surface area contributed by atoms with Crippen LogP contribution in [0.1, 0.15) is 32.5 Å². The Morgan fingerprint density at radius 3 is 2.21 bits per heavy atom. The van der Waals surface area contributed by atoms with E-state index in [9.17, 15) is 9.59 Å². The van der Waals surface area contributed by atoms with Crippen LogP contribution in [0, 0.1) is 0 Å². The summed E-state index contributed by atoms with van der Waals surface area (Å²) in [5.41, 5.74) is 2.10. The molecule has 0 amide bonds. The highest BCUT2D eigenvalue weighted by atomic mass is 35.5. The Kier molecular flexibility index (Phi) is 8.25. The van der Waals surface area contributed by atoms with Gasteiger partial charge in [-0.25, -0.2) is 19.0 Å². The Labute approximate surface area is 250 Å². The number of esters is 2. The average Bonchev–Trinajstić information content (AvgIpc) is 3.60. The maximum absolute atomic E-state index is 16.2. The molecule has 0 unspecified atom stereocenters. The number of carbonyl (C=O) groups is 2. The minimum atomic E-state index is -1.88. The van der Waals surface area contributed by atoms with E-state index in [4.69, 9.17) is 25.8 Å². The number of ether oxygens (including phenoxy) is 3.